The van der Waals surface area contributed by atoms with Crippen molar-refractivity contribution in [3.8, 4) is 0 Å². The van der Waals surface area contributed by atoms with Crippen molar-refractivity contribution in [3.05, 3.63) is 66.8 Å². The molecule has 1 aliphatic rings. The average molecular weight is 365 g/mol. The molecular weight excluding hydrogens is 324 g/mol. The van der Waals surface area contributed by atoms with Gasteiger partial charge in [0.15, 0.2) is 0 Å². The van der Waals surface area contributed by atoms with Crippen LogP contribution in [0.4, 0.5) is 0 Å². The maximum atomic E-state index is 4.63. The van der Waals surface area contributed by atoms with Gasteiger partial charge < -0.3 is 0 Å². The van der Waals surface area contributed by atoms with Crippen LogP contribution in [0.5, 0.6) is 0 Å². The van der Waals surface area contributed by atoms with E-state index in [-0.39, 0.29) is 0 Å². The van der Waals surface area contributed by atoms with Gasteiger partial charge in [-0.05, 0) is 73.5 Å². The number of benzene rings is 1. The monoisotopic (exact) mass is 364 g/mol. The van der Waals surface area contributed by atoms with Gasteiger partial charge >= 0.3 is 0 Å². The highest BCUT2D eigenvalue weighted by Gasteiger charge is 2.33. The van der Waals surface area contributed by atoms with E-state index in [4.69, 9.17) is 0 Å². The van der Waals surface area contributed by atoms with Crippen molar-refractivity contribution in [2.45, 2.75) is 78.1 Å². The van der Waals surface area contributed by atoms with E-state index in [0.29, 0.717) is 11.8 Å². The molecule has 27 heavy (non-hydrogen) atoms. The minimum Gasteiger partial charge on any atom is -0.103 e. The Morgan fingerprint density at radius 3 is 2.44 bits per heavy atom. The predicted molar refractivity (Wildman–Crippen MR) is 122 cm³/mol. The zero-order chi connectivity index (χ0) is 19.6. The number of allylic oxidation sites excluding steroid dienone is 3. The lowest BCUT2D eigenvalue weighted by molar-refractivity contribution is 0.233. The largest absolute Gasteiger partial charge is 0.103 e. The summed E-state index contributed by atoms with van der Waals surface area (Å²) in [5.41, 5.74) is 5.42. The van der Waals surface area contributed by atoms with Gasteiger partial charge in [-0.25, -0.2) is 0 Å². The lowest BCUT2D eigenvalue weighted by atomic mass is 9.66. The molecule has 0 amide bonds. The first kappa shape index (κ1) is 21.7. The molecule has 0 aliphatic heterocycles. The van der Waals surface area contributed by atoms with Gasteiger partial charge in [0.2, 0.25) is 0 Å². The fourth-order valence-corrected chi connectivity index (χ4v) is 5.03. The van der Waals surface area contributed by atoms with Crippen LogP contribution in [0.3, 0.4) is 0 Å². The lowest BCUT2D eigenvalue weighted by Gasteiger charge is -2.38. The van der Waals surface area contributed by atoms with E-state index in [2.05, 4.69) is 63.9 Å². The molecule has 1 aliphatic carbocycles. The Hall–Kier alpha value is -1.56. The Labute approximate surface area is 168 Å². The highest BCUT2D eigenvalue weighted by Crippen LogP contribution is 2.45. The molecule has 0 bridgehead atoms. The van der Waals surface area contributed by atoms with Crippen LogP contribution in [0.2, 0.25) is 0 Å². The Morgan fingerprint density at radius 2 is 1.81 bits per heavy atom. The highest BCUT2D eigenvalue weighted by molar-refractivity contribution is 5.68. The number of rotatable bonds is 11. The maximum Gasteiger partial charge on any atom is -0.00592 e. The normalized spacial score (nSPS) is 17.3. The van der Waals surface area contributed by atoms with E-state index in [1.807, 2.05) is 0 Å². The summed E-state index contributed by atoms with van der Waals surface area (Å²) in [7, 11) is 0. The molecule has 2 unspecified atom stereocenters. The van der Waals surface area contributed by atoms with E-state index in [9.17, 15) is 0 Å². The Bertz CT molecular complexity index is 615. The Kier molecular flexibility index (Phi) is 9.11. The molecule has 0 heteroatoms. The summed E-state index contributed by atoms with van der Waals surface area (Å²) in [6.45, 7) is 17.8. The van der Waals surface area contributed by atoms with Gasteiger partial charge in [0.1, 0.15) is 0 Å². The molecule has 1 saturated carbocycles. The van der Waals surface area contributed by atoms with Crippen molar-refractivity contribution in [2.75, 3.05) is 0 Å². The molecule has 2 atom stereocenters. The fourth-order valence-electron chi connectivity index (χ4n) is 5.03. The second kappa shape index (κ2) is 11.3. The van der Waals surface area contributed by atoms with Crippen LogP contribution in [0.1, 0.15) is 82.3 Å². The molecule has 0 N–H and O–H groups in total. The van der Waals surface area contributed by atoms with Gasteiger partial charge in [-0.1, -0.05) is 88.1 Å². The third kappa shape index (κ3) is 5.96. The topological polar surface area (TPSA) is 0 Å². The second-order valence-electron chi connectivity index (χ2n) is 8.51. The van der Waals surface area contributed by atoms with Crippen molar-refractivity contribution < 1.29 is 0 Å². The highest BCUT2D eigenvalue weighted by atomic mass is 14.4. The molecule has 0 nitrogen and oxygen atoms in total. The SMILES string of the molecule is C=CCC(C(=C)c1ccccc1C)C(C(=C)CCCCC)C1CCCCC1. The molecule has 0 radical (unpaired) electrons. The van der Waals surface area contributed by atoms with Crippen LogP contribution < -0.4 is 0 Å². The molecular formula is C27H40. The molecule has 1 aromatic carbocycles. The van der Waals surface area contributed by atoms with Crippen LogP contribution in [0.15, 0.2) is 55.7 Å². The van der Waals surface area contributed by atoms with Crippen molar-refractivity contribution in [1.29, 1.82) is 0 Å². The minimum atomic E-state index is 0.431. The lowest BCUT2D eigenvalue weighted by Crippen LogP contribution is -2.28. The molecule has 0 spiro atoms. The van der Waals surface area contributed by atoms with Crippen molar-refractivity contribution in [3.63, 3.8) is 0 Å². The number of hydrogen-bond acceptors (Lipinski definition) is 0. The first-order chi connectivity index (χ1) is 13.1. The van der Waals surface area contributed by atoms with Crippen molar-refractivity contribution in [2.24, 2.45) is 17.8 Å². The van der Waals surface area contributed by atoms with Crippen LogP contribution in [0, 0.1) is 24.7 Å². The third-order valence-electron chi connectivity index (χ3n) is 6.52. The van der Waals surface area contributed by atoms with E-state index in [0.717, 1.165) is 12.3 Å². The molecule has 1 aromatic rings. The van der Waals surface area contributed by atoms with Gasteiger partial charge in [-0.2, -0.15) is 0 Å². The van der Waals surface area contributed by atoms with Gasteiger partial charge in [0, 0.05) is 0 Å². The quantitative estimate of drug-likeness (QED) is 0.272. The van der Waals surface area contributed by atoms with Gasteiger partial charge in [0.25, 0.3) is 0 Å². The Balaban J connectivity index is 2.31. The smallest absolute Gasteiger partial charge is 0.00592 e. The van der Waals surface area contributed by atoms with Crippen LogP contribution in [-0.4, -0.2) is 0 Å². The summed E-state index contributed by atoms with van der Waals surface area (Å²) >= 11 is 0. The van der Waals surface area contributed by atoms with Crippen molar-refractivity contribution >= 4 is 5.57 Å². The standard InChI is InChI=1S/C27H40/c1-6-8-10-17-22(4)27(24-18-11-9-12-19-24)26(15-7-2)23(5)25-20-14-13-16-21(25)3/h7,13-14,16,20,24,26-27H,2,4-6,8-12,15,17-19H2,1,3H3. The van der Waals surface area contributed by atoms with E-state index in [1.165, 1.54) is 80.1 Å². The number of unbranched alkanes of at least 4 members (excludes halogenated alkanes) is 2. The first-order valence-electron chi connectivity index (χ1n) is 11.1. The van der Waals surface area contributed by atoms with Crippen LogP contribution in [-0.2, 0) is 0 Å². The summed E-state index contributed by atoms with van der Waals surface area (Å²) in [5.74, 6) is 1.74. The molecule has 0 aromatic heterocycles. The van der Waals surface area contributed by atoms with Gasteiger partial charge in [-0.3, -0.25) is 0 Å². The van der Waals surface area contributed by atoms with E-state index < -0.39 is 0 Å². The number of hydrogen-bond donors (Lipinski definition) is 0. The van der Waals surface area contributed by atoms with E-state index in [1.54, 1.807) is 0 Å². The zero-order valence-corrected chi connectivity index (χ0v) is 17.8. The van der Waals surface area contributed by atoms with Crippen LogP contribution in [0.25, 0.3) is 5.57 Å². The molecule has 0 heterocycles. The Morgan fingerprint density at radius 1 is 1.11 bits per heavy atom. The second-order valence-corrected chi connectivity index (χ2v) is 8.51. The summed E-state index contributed by atoms with van der Waals surface area (Å²) in [6.07, 6.45) is 15.0. The van der Waals surface area contributed by atoms with Crippen molar-refractivity contribution in [1.82, 2.24) is 0 Å². The summed E-state index contributed by atoms with van der Waals surface area (Å²) in [5, 5.41) is 0. The fraction of sp³-hybridized carbons (Fsp3) is 0.556. The van der Waals surface area contributed by atoms with Gasteiger partial charge in [0.05, 0.1) is 0 Å². The van der Waals surface area contributed by atoms with Gasteiger partial charge in [-0.15, -0.1) is 6.58 Å². The summed E-state index contributed by atoms with van der Waals surface area (Å²) in [6, 6.07) is 8.71. The molecule has 2 rings (SSSR count). The minimum absolute atomic E-state index is 0.431. The third-order valence-corrected chi connectivity index (χ3v) is 6.52. The summed E-state index contributed by atoms with van der Waals surface area (Å²) < 4.78 is 0. The molecule has 0 saturated heterocycles. The first-order valence-corrected chi connectivity index (χ1v) is 11.1. The number of aryl methyl sites for hydroxylation is 1. The summed E-state index contributed by atoms with van der Waals surface area (Å²) in [4.78, 5) is 0. The van der Waals surface area contributed by atoms with Crippen LogP contribution >= 0.6 is 0 Å². The zero-order valence-electron chi connectivity index (χ0n) is 17.8. The maximum absolute atomic E-state index is 4.63. The molecule has 148 valence electrons. The average Bonchev–Trinajstić information content (AvgIpc) is 2.68. The molecule has 1 fully saturated rings. The van der Waals surface area contributed by atoms with E-state index >= 15 is 0 Å². The predicted octanol–water partition coefficient (Wildman–Crippen LogP) is 8.53.